The molecular weight excluding hydrogens is 352 g/mol. The van der Waals surface area contributed by atoms with Crippen LogP contribution in [-0.2, 0) is 27.6 Å². The van der Waals surface area contributed by atoms with Gasteiger partial charge in [-0.25, -0.2) is 8.42 Å². The SMILES string of the molecule is CN=C(NCCC(=O)NC1CCS(=O)(=O)C1)N1CCc2ccccc2C1. The summed E-state index contributed by atoms with van der Waals surface area (Å²) < 4.78 is 22.9. The van der Waals surface area contributed by atoms with Crippen LogP contribution in [0.4, 0.5) is 0 Å². The Bertz CT molecular complexity index is 791. The number of guanidine groups is 1. The largest absolute Gasteiger partial charge is 0.356 e. The zero-order chi connectivity index (χ0) is 18.6. The van der Waals surface area contributed by atoms with Gasteiger partial charge < -0.3 is 15.5 Å². The molecule has 0 radical (unpaired) electrons. The summed E-state index contributed by atoms with van der Waals surface area (Å²) >= 11 is 0. The molecule has 0 saturated carbocycles. The van der Waals surface area contributed by atoms with Crippen molar-refractivity contribution in [2.45, 2.75) is 31.8 Å². The lowest BCUT2D eigenvalue weighted by Crippen LogP contribution is -2.45. The normalized spacial score (nSPS) is 22.0. The lowest BCUT2D eigenvalue weighted by atomic mass is 10.0. The number of rotatable bonds is 4. The maximum atomic E-state index is 12.0. The van der Waals surface area contributed by atoms with Gasteiger partial charge in [-0.05, 0) is 24.0 Å². The fraction of sp³-hybridized carbons (Fsp3) is 0.556. The second kappa shape index (κ2) is 8.07. The highest BCUT2D eigenvalue weighted by Gasteiger charge is 2.28. The van der Waals surface area contributed by atoms with Crippen molar-refractivity contribution >= 4 is 21.7 Å². The van der Waals surface area contributed by atoms with Crippen molar-refractivity contribution < 1.29 is 13.2 Å². The molecule has 1 aromatic rings. The van der Waals surface area contributed by atoms with Crippen LogP contribution in [0, 0.1) is 0 Å². The number of carbonyl (C=O) groups is 1. The van der Waals surface area contributed by atoms with Gasteiger partial charge in [-0.15, -0.1) is 0 Å². The van der Waals surface area contributed by atoms with Gasteiger partial charge in [0.15, 0.2) is 15.8 Å². The summed E-state index contributed by atoms with van der Waals surface area (Å²) in [6.07, 6.45) is 1.78. The van der Waals surface area contributed by atoms with E-state index in [1.54, 1.807) is 7.05 Å². The van der Waals surface area contributed by atoms with Crippen LogP contribution < -0.4 is 10.6 Å². The Labute approximate surface area is 154 Å². The minimum Gasteiger partial charge on any atom is -0.356 e. The number of nitrogens with zero attached hydrogens (tertiary/aromatic N) is 2. The van der Waals surface area contributed by atoms with E-state index in [4.69, 9.17) is 0 Å². The van der Waals surface area contributed by atoms with Crippen molar-refractivity contribution in [3.05, 3.63) is 35.4 Å². The number of carbonyl (C=O) groups excluding carboxylic acids is 1. The van der Waals surface area contributed by atoms with E-state index < -0.39 is 9.84 Å². The summed E-state index contributed by atoms with van der Waals surface area (Å²) in [4.78, 5) is 18.5. The van der Waals surface area contributed by atoms with Crippen LogP contribution in [0.5, 0.6) is 0 Å². The number of sulfone groups is 1. The number of amides is 1. The highest BCUT2D eigenvalue weighted by atomic mass is 32.2. The maximum absolute atomic E-state index is 12.0. The predicted octanol–water partition coefficient (Wildman–Crippen LogP) is 0.314. The number of hydrogen-bond acceptors (Lipinski definition) is 4. The first-order chi connectivity index (χ1) is 12.5. The molecule has 2 N–H and O–H groups in total. The van der Waals surface area contributed by atoms with Crippen molar-refractivity contribution in [3.63, 3.8) is 0 Å². The highest BCUT2D eigenvalue weighted by Crippen LogP contribution is 2.18. The van der Waals surface area contributed by atoms with Gasteiger partial charge in [0.2, 0.25) is 5.91 Å². The van der Waals surface area contributed by atoms with E-state index in [1.807, 2.05) is 6.07 Å². The van der Waals surface area contributed by atoms with Gasteiger partial charge in [0, 0.05) is 39.1 Å². The van der Waals surface area contributed by atoms with Crippen molar-refractivity contribution in [2.75, 3.05) is 31.6 Å². The van der Waals surface area contributed by atoms with E-state index in [0.717, 1.165) is 25.5 Å². The summed E-state index contributed by atoms with van der Waals surface area (Å²) in [5, 5.41) is 6.05. The van der Waals surface area contributed by atoms with Crippen LogP contribution in [0.1, 0.15) is 24.0 Å². The van der Waals surface area contributed by atoms with Gasteiger partial charge >= 0.3 is 0 Å². The summed E-state index contributed by atoms with van der Waals surface area (Å²) in [6, 6.07) is 8.17. The second-order valence-electron chi connectivity index (χ2n) is 6.83. The van der Waals surface area contributed by atoms with Crippen LogP contribution >= 0.6 is 0 Å². The molecule has 3 rings (SSSR count). The van der Waals surface area contributed by atoms with Gasteiger partial charge in [-0.1, -0.05) is 24.3 Å². The zero-order valence-corrected chi connectivity index (χ0v) is 15.9. The molecule has 1 atom stereocenters. The Balaban J connectivity index is 1.44. The molecule has 26 heavy (non-hydrogen) atoms. The van der Waals surface area contributed by atoms with Crippen LogP contribution in [0.15, 0.2) is 29.3 Å². The van der Waals surface area contributed by atoms with Crippen molar-refractivity contribution in [1.82, 2.24) is 15.5 Å². The summed E-state index contributed by atoms with van der Waals surface area (Å²) in [5.41, 5.74) is 2.69. The highest BCUT2D eigenvalue weighted by molar-refractivity contribution is 7.91. The van der Waals surface area contributed by atoms with E-state index >= 15 is 0 Å². The minimum absolute atomic E-state index is 0.0566. The Morgan fingerprint density at radius 3 is 2.77 bits per heavy atom. The van der Waals surface area contributed by atoms with Gasteiger partial charge in [0.1, 0.15) is 0 Å². The first-order valence-electron chi connectivity index (χ1n) is 8.99. The summed E-state index contributed by atoms with van der Waals surface area (Å²) in [5.74, 6) is 0.884. The number of benzene rings is 1. The van der Waals surface area contributed by atoms with Gasteiger partial charge in [0.05, 0.1) is 11.5 Å². The average molecular weight is 378 g/mol. The third kappa shape index (κ3) is 4.75. The molecule has 2 aliphatic heterocycles. The predicted molar refractivity (Wildman–Crippen MR) is 102 cm³/mol. The monoisotopic (exact) mass is 378 g/mol. The van der Waals surface area contributed by atoms with Gasteiger partial charge in [-0.2, -0.15) is 0 Å². The molecule has 2 aliphatic rings. The fourth-order valence-electron chi connectivity index (χ4n) is 3.51. The smallest absolute Gasteiger partial charge is 0.222 e. The topological polar surface area (TPSA) is 90.9 Å². The van der Waals surface area contributed by atoms with Gasteiger partial charge in [0.25, 0.3) is 0 Å². The molecule has 142 valence electrons. The van der Waals surface area contributed by atoms with Crippen LogP contribution in [0.2, 0.25) is 0 Å². The summed E-state index contributed by atoms with van der Waals surface area (Å²) in [6.45, 7) is 2.17. The van der Waals surface area contributed by atoms with E-state index in [-0.39, 0.29) is 23.5 Å². The molecule has 0 aromatic heterocycles. The number of nitrogens with one attached hydrogen (secondary N) is 2. The first-order valence-corrected chi connectivity index (χ1v) is 10.8. The third-order valence-electron chi connectivity index (χ3n) is 4.87. The molecule has 1 saturated heterocycles. The number of hydrogen-bond donors (Lipinski definition) is 2. The molecule has 0 bridgehead atoms. The molecule has 0 spiro atoms. The zero-order valence-electron chi connectivity index (χ0n) is 15.1. The standard InChI is InChI=1S/C18H26N4O3S/c1-19-18(22-10-7-14-4-2-3-5-15(14)12-22)20-9-6-17(23)21-16-8-11-26(24,25)13-16/h2-5,16H,6-13H2,1H3,(H,19,20)(H,21,23). The molecular formula is C18H26N4O3S. The van der Waals surface area contributed by atoms with Crippen LogP contribution in [-0.4, -0.2) is 62.9 Å². The molecule has 1 amide bonds. The van der Waals surface area contributed by atoms with E-state index in [1.165, 1.54) is 11.1 Å². The van der Waals surface area contributed by atoms with Crippen LogP contribution in [0.3, 0.4) is 0 Å². The lowest BCUT2D eigenvalue weighted by molar-refractivity contribution is -0.121. The molecule has 1 fully saturated rings. The van der Waals surface area contributed by atoms with E-state index in [9.17, 15) is 13.2 Å². The summed E-state index contributed by atoms with van der Waals surface area (Å²) in [7, 11) is -1.23. The number of aliphatic imine (C=N–C) groups is 1. The lowest BCUT2D eigenvalue weighted by Gasteiger charge is -2.31. The first kappa shape index (κ1) is 18.7. The van der Waals surface area contributed by atoms with Crippen molar-refractivity contribution in [2.24, 2.45) is 4.99 Å². The Morgan fingerprint density at radius 1 is 1.31 bits per heavy atom. The molecule has 2 heterocycles. The Morgan fingerprint density at radius 2 is 2.08 bits per heavy atom. The molecule has 7 nitrogen and oxygen atoms in total. The quantitative estimate of drug-likeness (QED) is 0.581. The second-order valence-corrected chi connectivity index (χ2v) is 9.06. The van der Waals surface area contributed by atoms with Crippen molar-refractivity contribution in [3.8, 4) is 0 Å². The molecule has 1 unspecified atom stereocenters. The van der Waals surface area contributed by atoms with E-state index in [0.29, 0.717) is 19.4 Å². The third-order valence-corrected chi connectivity index (χ3v) is 6.64. The number of fused-ring (bicyclic) bond motifs is 1. The van der Waals surface area contributed by atoms with Gasteiger partial charge in [-0.3, -0.25) is 9.79 Å². The Kier molecular flexibility index (Phi) is 5.80. The fourth-order valence-corrected chi connectivity index (χ4v) is 5.18. The average Bonchev–Trinajstić information content (AvgIpc) is 2.96. The molecule has 0 aliphatic carbocycles. The van der Waals surface area contributed by atoms with Crippen molar-refractivity contribution in [1.29, 1.82) is 0 Å². The maximum Gasteiger partial charge on any atom is 0.222 e. The van der Waals surface area contributed by atoms with Crippen LogP contribution in [0.25, 0.3) is 0 Å². The minimum atomic E-state index is -2.97. The molecule has 1 aromatic carbocycles. The van der Waals surface area contributed by atoms with E-state index in [2.05, 4.69) is 38.7 Å². The Hall–Kier alpha value is -2.09. The molecule has 8 heteroatoms.